The molecular weight excluding hydrogens is 342 g/mol. The zero-order valence-electron chi connectivity index (χ0n) is 15.5. The van der Waals surface area contributed by atoms with Crippen molar-refractivity contribution in [1.29, 1.82) is 0 Å². The molecule has 0 bridgehead atoms. The number of rotatable bonds is 5. The van der Waals surface area contributed by atoms with E-state index < -0.39 is 0 Å². The smallest absolute Gasteiger partial charge is 0.267 e. The molecule has 0 radical (unpaired) electrons. The van der Waals surface area contributed by atoms with Gasteiger partial charge in [0.2, 0.25) is 0 Å². The summed E-state index contributed by atoms with van der Waals surface area (Å²) >= 11 is 1.37. The van der Waals surface area contributed by atoms with Gasteiger partial charge in [0.1, 0.15) is 4.88 Å². The Bertz CT molecular complexity index is 946. The van der Waals surface area contributed by atoms with Crippen molar-refractivity contribution in [2.24, 2.45) is 0 Å². The van der Waals surface area contributed by atoms with Gasteiger partial charge in [-0.05, 0) is 62.1 Å². The molecule has 0 saturated carbocycles. The van der Waals surface area contributed by atoms with E-state index >= 15 is 0 Å². The summed E-state index contributed by atoms with van der Waals surface area (Å²) in [6.07, 6.45) is 0.938. The van der Waals surface area contributed by atoms with Crippen LogP contribution in [-0.4, -0.2) is 10.9 Å². The van der Waals surface area contributed by atoms with Gasteiger partial charge in [0.25, 0.3) is 5.91 Å². The summed E-state index contributed by atoms with van der Waals surface area (Å²) in [6.45, 7) is 8.08. The summed E-state index contributed by atoms with van der Waals surface area (Å²) in [7, 11) is 0. The van der Waals surface area contributed by atoms with Gasteiger partial charge in [0, 0.05) is 11.4 Å². The van der Waals surface area contributed by atoms with E-state index in [1.165, 1.54) is 22.5 Å². The second-order valence-electron chi connectivity index (χ2n) is 6.32. The fourth-order valence-electron chi connectivity index (χ4n) is 2.73. The van der Waals surface area contributed by atoms with Crippen LogP contribution in [0.25, 0.3) is 0 Å². The summed E-state index contributed by atoms with van der Waals surface area (Å²) in [5, 5.41) is 7.05. The molecule has 1 heterocycles. The minimum atomic E-state index is -0.125. The number of para-hydroxylation sites is 1. The second-order valence-corrected chi connectivity index (χ2v) is 7.32. The first-order valence-electron chi connectivity index (χ1n) is 8.69. The maximum absolute atomic E-state index is 12.7. The van der Waals surface area contributed by atoms with E-state index in [4.69, 9.17) is 0 Å². The van der Waals surface area contributed by atoms with E-state index in [2.05, 4.69) is 35.5 Å². The Hall–Kier alpha value is -2.66. The SMILES string of the molecule is CCc1ccccc1Nc1nc(C)c(C(=O)Nc2ccc(C)c(C)c2)s1. The largest absolute Gasteiger partial charge is 0.331 e. The van der Waals surface area contributed by atoms with Crippen LogP contribution in [0.15, 0.2) is 42.5 Å². The quantitative estimate of drug-likeness (QED) is 0.616. The molecule has 3 rings (SSSR count). The van der Waals surface area contributed by atoms with Crippen LogP contribution in [0.3, 0.4) is 0 Å². The Morgan fingerprint density at radius 2 is 1.85 bits per heavy atom. The van der Waals surface area contributed by atoms with Gasteiger partial charge in [0.15, 0.2) is 5.13 Å². The summed E-state index contributed by atoms with van der Waals surface area (Å²) < 4.78 is 0. The standard InChI is InChI=1S/C21H23N3OS/c1-5-16-8-6-7-9-18(16)24-21-22-15(4)19(26-21)20(25)23-17-11-10-13(2)14(3)12-17/h6-12H,5H2,1-4H3,(H,22,24)(H,23,25). The van der Waals surface area contributed by atoms with Crippen LogP contribution in [0, 0.1) is 20.8 Å². The molecule has 0 aliphatic rings. The highest BCUT2D eigenvalue weighted by molar-refractivity contribution is 7.17. The maximum atomic E-state index is 12.7. The number of thiazole rings is 1. The summed E-state index contributed by atoms with van der Waals surface area (Å²) in [6, 6.07) is 14.1. The average Bonchev–Trinajstić information content (AvgIpc) is 2.99. The van der Waals surface area contributed by atoms with Crippen molar-refractivity contribution in [1.82, 2.24) is 4.98 Å². The zero-order chi connectivity index (χ0) is 18.7. The number of nitrogens with one attached hydrogen (secondary N) is 2. The molecule has 1 aromatic heterocycles. The van der Waals surface area contributed by atoms with E-state index in [0.717, 1.165) is 34.2 Å². The number of anilines is 3. The number of aromatic nitrogens is 1. The highest BCUT2D eigenvalue weighted by Crippen LogP contribution is 2.28. The summed E-state index contributed by atoms with van der Waals surface area (Å²) in [5.41, 5.74) is 6.15. The van der Waals surface area contributed by atoms with Crippen molar-refractivity contribution >= 4 is 33.8 Å². The third-order valence-electron chi connectivity index (χ3n) is 4.41. The zero-order valence-corrected chi connectivity index (χ0v) is 16.3. The lowest BCUT2D eigenvalue weighted by molar-refractivity contribution is 0.103. The predicted molar refractivity (Wildman–Crippen MR) is 110 cm³/mol. The van der Waals surface area contributed by atoms with Gasteiger partial charge in [-0.2, -0.15) is 0 Å². The molecule has 5 heteroatoms. The predicted octanol–water partition coefficient (Wildman–Crippen LogP) is 5.63. The van der Waals surface area contributed by atoms with Crippen molar-refractivity contribution in [2.75, 3.05) is 10.6 Å². The van der Waals surface area contributed by atoms with Crippen LogP contribution >= 0.6 is 11.3 Å². The van der Waals surface area contributed by atoms with Crippen molar-refractivity contribution in [2.45, 2.75) is 34.1 Å². The minimum absolute atomic E-state index is 0.125. The first kappa shape index (κ1) is 18.1. The lowest BCUT2D eigenvalue weighted by atomic mass is 10.1. The van der Waals surface area contributed by atoms with E-state index in [9.17, 15) is 4.79 Å². The summed E-state index contributed by atoms with van der Waals surface area (Å²) in [5.74, 6) is -0.125. The van der Waals surface area contributed by atoms with Crippen LogP contribution in [0.2, 0.25) is 0 Å². The van der Waals surface area contributed by atoms with Gasteiger partial charge in [0.05, 0.1) is 5.69 Å². The monoisotopic (exact) mass is 365 g/mol. The molecule has 3 aromatic rings. The van der Waals surface area contributed by atoms with Crippen LogP contribution in [-0.2, 0) is 6.42 Å². The number of aryl methyl sites for hydroxylation is 4. The van der Waals surface area contributed by atoms with E-state index in [1.54, 1.807) is 0 Å². The number of hydrogen-bond acceptors (Lipinski definition) is 4. The first-order chi connectivity index (χ1) is 12.5. The van der Waals surface area contributed by atoms with E-state index in [1.807, 2.05) is 50.2 Å². The lowest BCUT2D eigenvalue weighted by Gasteiger charge is -2.08. The van der Waals surface area contributed by atoms with Crippen molar-refractivity contribution in [3.8, 4) is 0 Å². The molecule has 0 unspecified atom stereocenters. The summed E-state index contributed by atoms with van der Waals surface area (Å²) in [4.78, 5) is 17.8. The Morgan fingerprint density at radius 3 is 2.58 bits per heavy atom. The second kappa shape index (κ2) is 7.70. The number of carbonyl (C=O) groups is 1. The topological polar surface area (TPSA) is 54.0 Å². The van der Waals surface area contributed by atoms with Crippen LogP contribution in [0.4, 0.5) is 16.5 Å². The first-order valence-corrected chi connectivity index (χ1v) is 9.50. The van der Waals surface area contributed by atoms with Crippen LogP contribution < -0.4 is 10.6 Å². The van der Waals surface area contributed by atoms with Crippen molar-refractivity contribution in [3.63, 3.8) is 0 Å². The number of amides is 1. The van der Waals surface area contributed by atoms with Gasteiger partial charge in [-0.1, -0.05) is 42.5 Å². The molecular formula is C21H23N3OS. The highest BCUT2D eigenvalue weighted by atomic mass is 32.1. The third-order valence-corrected chi connectivity index (χ3v) is 5.48. The molecule has 0 spiro atoms. The van der Waals surface area contributed by atoms with Gasteiger partial charge in [-0.3, -0.25) is 4.79 Å². The Kier molecular flexibility index (Phi) is 5.38. The van der Waals surface area contributed by atoms with Crippen LogP contribution in [0.5, 0.6) is 0 Å². The third kappa shape index (κ3) is 3.94. The van der Waals surface area contributed by atoms with Gasteiger partial charge in [-0.25, -0.2) is 4.98 Å². The fraction of sp³-hybridized carbons (Fsp3) is 0.238. The Labute approximate surface area is 158 Å². The number of nitrogens with zero attached hydrogens (tertiary/aromatic N) is 1. The molecule has 0 atom stereocenters. The molecule has 0 aliphatic carbocycles. The maximum Gasteiger partial charge on any atom is 0.267 e. The Morgan fingerprint density at radius 1 is 1.08 bits per heavy atom. The molecule has 0 saturated heterocycles. The molecule has 0 fully saturated rings. The average molecular weight is 366 g/mol. The van der Waals surface area contributed by atoms with Gasteiger partial charge >= 0.3 is 0 Å². The molecule has 2 N–H and O–H groups in total. The molecule has 0 aliphatic heterocycles. The number of hydrogen-bond donors (Lipinski definition) is 2. The molecule has 134 valence electrons. The fourth-order valence-corrected chi connectivity index (χ4v) is 3.61. The number of carbonyl (C=O) groups excluding carboxylic acids is 1. The molecule has 4 nitrogen and oxygen atoms in total. The molecule has 26 heavy (non-hydrogen) atoms. The minimum Gasteiger partial charge on any atom is -0.331 e. The van der Waals surface area contributed by atoms with Gasteiger partial charge < -0.3 is 10.6 Å². The molecule has 1 amide bonds. The van der Waals surface area contributed by atoms with Gasteiger partial charge in [-0.15, -0.1) is 0 Å². The van der Waals surface area contributed by atoms with Crippen LogP contribution in [0.1, 0.15) is 39.0 Å². The van der Waals surface area contributed by atoms with Crippen molar-refractivity contribution < 1.29 is 4.79 Å². The molecule has 2 aromatic carbocycles. The van der Waals surface area contributed by atoms with E-state index in [0.29, 0.717) is 4.88 Å². The lowest BCUT2D eigenvalue weighted by Crippen LogP contribution is -2.11. The van der Waals surface area contributed by atoms with E-state index in [-0.39, 0.29) is 5.91 Å². The Balaban J connectivity index is 1.79. The number of benzene rings is 2. The highest BCUT2D eigenvalue weighted by Gasteiger charge is 2.16. The normalized spacial score (nSPS) is 10.6. The van der Waals surface area contributed by atoms with Crippen molar-refractivity contribution in [3.05, 3.63) is 69.7 Å².